The van der Waals surface area contributed by atoms with E-state index in [2.05, 4.69) is 0 Å². The summed E-state index contributed by atoms with van der Waals surface area (Å²) in [5, 5.41) is -5.28. The fraction of sp³-hybridized carbons (Fsp3) is 0.0769. The van der Waals surface area contributed by atoms with Crippen molar-refractivity contribution in [2.45, 2.75) is 5.40 Å². The van der Waals surface area contributed by atoms with E-state index >= 15 is 0 Å². The van der Waals surface area contributed by atoms with Crippen LogP contribution in [-0.4, -0.2) is 15.2 Å². The number of benzene rings is 2. The zero-order valence-electron chi connectivity index (χ0n) is 10.6. The molecular formula is C13H12F2O4P2. The van der Waals surface area contributed by atoms with Crippen molar-refractivity contribution in [1.29, 1.82) is 0 Å². The van der Waals surface area contributed by atoms with Gasteiger partial charge in [-0.25, -0.2) is 0 Å². The molecule has 0 atom stereocenters. The minimum absolute atomic E-state index is 0.301. The lowest BCUT2D eigenvalue weighted by atomic mass is 10.4. The first-order chi connectivity index (χ1) is 9.71. The molecule has 0 aliphatic heterocycles. The zero-order valence-corrected chi connectivity index (χ0v) is 12.4. The molecule has 0 saturated heterocycles. The minimum Gasteiger partial charge on any atom is -0.320 e. The Labute approximate surface area is 120 Å². The molecule has 0 fully saturated rings. The molecule has 2 aromatic rings. The predicted octanol–water partition coefficient (Wildman–Crippen LogP) is 2.73. The zero-order chi connectivity index (χ0) is 15.7. The van der Waals surface area contributed by atoms with E-state index < -0.39 is 20.1 Å². The summed E-state index contributed by atoms with van der Waals surface area (Å²) in [5.74, 6) is 0. The molecule has 0 radical (unpaired) electrons. The molecule has 0 saturated carbocycles. The third-order valence-electron chi connectivity index (χ3n) is 2.97. The van der Waals surface area contributed by atoms with Crippen molar-refractivity contribution in [3.8, 4) is 0 Å². The maximum atomic E-state index is 14.3. The summed E-state index contributed by atoms with van der Waals surface area (Å²) < 4.78 is 52.9. The van der Waals surface area contributed by atoms with Crippen molar-refractivity contribution in [2.75, 3.05) is 0 Å². The summed E-state index contributed by atoms with van der Waals surface area (Å²) in [6.07, 6.45) is 0. The van der Waals surface area contributed by atoms with Crippen molar-refractivity contribution in [3.05, 3.63) is 60.7 Å². The van der Waals surface area contributed by atoms with E-state index in [4.69, 9.17) is 9.79 Å². The van der Waals surface area contributed by atoms with Gasteiger partial charge in [0, 0.05) is 10.6 Å². The topological polar surface area (TPSA) is 74.6 Å². The third kappa shape index (κ3) is 2.60. The van der Waals surface area contributed by atoms with Gasteiger partial charge < -0.3 is 14.4 Å². The Balaban J connectivity index is 2.80. The average Bonchev–Trinajstić information content (AvgIpc) is 2.47. The summed E-state index contributed by atoms with van der Waals surface area (Å²) in [6, 6.07) is 13.3. The van der Waals surface area contributed by atoms with E-state index in [-0.39, 0.29) is 10.6 Å². The Hall–Kier alpha value is -1.32. The second-order valence-electron chi connectivity index (χ2n) is 4.33. The van der Waals surface area contributed by atoms with E-state index in [1.165, 1.54) is 60.7 Å². The van der Waals surface area contributed by atoms with Crippen LogP contribution in [0.4, 0.5) is 8.78 Å². The Morgan fingerprint density at radius 1 is 0.762 bits per heavy atom. The van der Waals surface area contributed by atoms with Crippen LogP contribution in [-0.2, 0) is 9.13 Å². The lowest BCUT2D eigenvalue weighted by Gasteiger charge is -2.28. The number of hydrogen-bond acceptors (Lipinski definition) is 2. The largest absolute Gasteiger partial charge is 0.402 e. The molecule has 2 aromatic carbocycles. The monoisotopic (exact) mass is 332 g/mol. The van der Waals surface area contributed by atoms with Gasteiger partial charge in [-0.3, -0.25) is 4.57 Å². The summed E-state index contributed by atoms with van der Waals surface area (Å²) >= 11 is 0. The normalized spacial score (nSPS) is 13.1. The maximum Gasteiger partial charge on any atom is 0.402 e. The number of hydrogen-bond donors (Lipinski definition) is 2. The minimum atomic E-state index is -5.92. The smallest absolute Gasteiger partial charge is 0.320 e. The van der Waals surface area contributed by atoms with E-state index in [0.29, 0.717) is 0 Å². The Bertz CT molecular complexity index is 670. The molecule has 8 heteroatoms. The van der Waals surface area contributed by atoms with Gasteiger partial charge >= 0.3 is 13.0 Å². The van der Waals surface area contributed by atoms with Gasteiger partial charge in [-0.1, -0.05) is 60.7 Å². The Morgan fingerprint density at radius 3 is 1.38 bits per heavy atom. The van der Waals surface area contributed by atoms with Crippen LogP contribution in [0.3, 0.4) is 0 Å². The van der Waals surface area contributed by atoms with Crippen LogP contribution in [0.5, 0.6) is 0 Å². The molecule has 0 amide bonds. The summed E-state index contributed by atoms with van der Waals surface area (Å²) in [6.45, 7) is 0. The quantitative estimate of drug-likeness (QED) is 0.845. The molecular weight excluding hydrogens is 320 g/mol. The van der Waals surface area contributed by atoms with Crippen molar-refractivity contribution < 1.29 is 27.7 Å². The molecule has 0 aromatic heterocycles. The van der Waals surface area contributed by atoms with E-state index in [1.54, 1.807) is 0 Å². The van der Waals surface area contributed by atoms with Crippen LogP contribution in [0.2, 0.25) is 0 Å². The van der Waals surface area contributed by atoms with Gasteiger partial charge in [-0.15, -0.1) is 0 Å². The molecule has 0 spiro atoms. The third-order valence-corrected chi connectivity index (χ3v) is 8.10. The summed E-state index contributed by atoms with van der Waals surface area (Å²) in [7, 11) is -10.8. The summed E-state index contributed by atoms with van der Waals surface area (Å²) in [5.41, 5.74) is 0. The molecule has 0 aliphatic rings. The molecule has 0 aliphatic carbocycles. The summed E-state index contributed by atoms with van der Waals surface area (Å²) in [4.78, 5) is 18.0. The van der Waals surface area contributed by atoms with Crippen molar-refractivity contribution in [3.63, 3.8) is 0 Å². The molecule has 2 rings (SSSR count). The van der Waals surface area contributed by atoms with Gasteiger partial charge in [0.25, 0.3) is 0 Å². The first-order valence-corrected chi connectivity index (χ1v) is 9.18. The van der Waals surface area contributed by atoms with E-state index in [0.717, 1.165) is 0 Å². The van der Waals surface area contributed by atoms with Gasteiger partial charge in [-0.05, 0) is 0 Å². The van der Waals surface area contributed by atoms with E-state index in [9.17, 15) is 17.9 Å². The second-order valence-corrected chi connectivity index (χ2v) is 9.15. The highest BCUT2D eigenvalue weighted by Gasteiger charge is 2.64. The van der Waals surface area contributed by atoms with Crippen LogP contribution in [0, 0.1) is 0 Å². The number of halogens is 2. The van der Waals surface area contributed by atoms with Crippen LogP contribution in [0.1, 0.15) is 0 Å². The maximum absolute atomic E-state index is 14.3. The van der Waals surface area contributed by atoms with Gasteiger partial charge in [0.1, 0.15) is 0 Å². The van der Waals surface area contributed by atoms with E-state index in [1.807, 2.05) is 0 Å². The first-order valence-electron chi connectivity index (χ1n) is 5.86. The van der Waals surface area contributed by atoms with Crippen LogP contribution < -0.4 is 10.6 Å². The fourth-order valence-electron chi connectivity index (χ4n) is 1.92. The van der Waals surface area contributed by atoms with Crippen molar-refractivity contribution >= 4 is 25.3 Å². The highest BCUT2D eigenvalue weighted by molar-refractivity contribution is 7.88. The molecule has 2 N–H and O–H groups in total. The van der Waals surface area contributed by atoms with Crippen LogP contribution in [0.25, 0.3) is 0 Å². The van der Waals surface area contributed by atoms with Crippen LogP contribution in [0.15, 0.2) is 60.7 Å². The first kappa shape index (κ1) is 16.1. The number of alkyl halides is 2. The Kier molecular flexibility index (Phi) is 4.18. The van der Waals surface area contributed by atoms with Crippen LogP contribution >= 0.6 is 14.7 Å². The SMILES string of the molecule is O=P(O)(O)C(F)(F)P(=O)(c1ccccc1)c1ccccc1. The van der Waals surface area contributed by atoms with Gasteiger partial charge in [0.2, 0.25) is 7.14 Å². The Morgan fingerprint density at radius 2 is 1.10 bits per heavy atom. The molecule has 21 heavy (non-hydrogen) atoms. The van der Waals surface area contributed by atoms with Gasteiger partial charge in [-0.2, -0.15) is 8.78 Å². The van der Waals surface area contributed by atoms with Gasteiger partial charge in [0.15, 0.2) is 0 Å². The molecule has 0 heterocycles. The fourth-order valence-corrected chi connectivity index (χ4v) is 6.18. The number of rotatable bonds is 4. The molecule has 0 bridgehead atoms. The van der Waals surface area contributed by atoms with Gasteiger partial charge in [0.05, 0.1) is 0 Å². The lowest BCUT2D eigenvalue weighted by Crippen LogP contribution is -2.30. The van der Waals surface area contributed by atoms with Crippen molar-refractivity contribution in [2.24, 2.45) is 0 Å². The molecule has 4 nitrogen and oxygen atoms in total. The highest BCUT2D eigenvalue weighted by atomic mass is 31.2. The standard InChI is InChI=1S/C13H12F2O4P2/c14-13(15,21(17,18)19)20(16,11-7-3-1-4-8-11)12-9-5-2-6-10-12/h1-10H,(H2,17,18,19). The lowest BCUT2D eigenvalue weighted by molar-refractivity contribution is 0.139. The van der Waals surface area contributed by atoms with Crippen molar-refractivity contribution in [1.82, 2.24) is 0 Å². The highest BCUT2D eigenvalue weighted by Crippen LogP contribution is 2.73. The predicted molar refractivity (Wildman–Crippen MR) is 76.7 cm³/mol. The molecule has 0 unspecified atom stereocenters. The average molecular weight is 332 g/mol. The second kappa shape index (κ2) is 5.47. The molecule has 112 valence electrons.